The number of methoxy groups -OCH3 is 2. The lowest BCUT2D eigenvalue weighted by atomic mass is 9.92. The Labute approximate surface area is 168 Å². The molecule has 7 heteroatoms. The van der Waals surface area contributed by atoms with E-state index in [0.717, 1.165) is 5.56 Å². The Morgan fingerprint density at radius 2 is 1.90 bits per heavy atom. The molecule has 7 nitrogen and oxygen atoms in total. The molecular weight excluding hydrogens is 372 g/mol. The maximum atomic E-state index is 13.1. The van der Waals surface area contributed by atoms with Crippen LogP contribution < -0.4 is 20.1 Å². The lowest BCUT2D eigenvalue weighted by molar-refractivity contribution is -0.125. The van der Waals surface area contributed by atoms with Crippen molar-refractivity contribution in [2.24, 2.45) is 17.3 Å². The summed E-state index contributed by atoms with van der Waals surface area (Å²) in [5.74, 6) is -0.948. The predicted molar refractivity (Wildman–Crippen MR) is 106 cm³/mol. The van der Waals surface area contributed by atoms with Crippen LogP contribution in [-0.4, -0.2) is 31.8 Å². The van der Waals surface area contributed by atoms with Crippen LogP contribution in [0.3, 0.4) is 0 Å². The molecule has 1 aliphatic carbocycles. The Morgan fingerprint density at radius 1 is 1.14 bits per heavy atom. The van der Waals surface area contributed by atoms with Gasteiger partial charge in [-0.3, -0.25) is 14.4 Å². The van der Waals surface area contributed by atoms with Crippen molar-refractivity contribution in [2.45, 2.75) is 13.5 Å². The van der Waals surface area contributed by atoms with E-state index in [0.29, 0.717) is 22.7 Å². The Hall–Kier alpha value is -3.35. The van der Waals surface area contributed by atoms with E-state index in [-0.39, 0.29) is 24.1 Å². The Morgan fingerprint density at radius 3 is 2.62 bits per heavy atom. The second-order valence-electron chi connectivity index (χ2n) is 7.50. The third-order valence-electron chi connectivity index (χ3n) is 5.95. The molecule has 1 aliphatic heterocycles. The number of amides is 2. The van der Waals surface area contributed by atoms with Gasteiger partial charge < -0.3 is 20.1 Å². The molecule has 0 bridgehead atoms. The summed E-state index contributed by atoms with van der Waals surface area (Å²) in [4.78, 5) is 38.6. The number of benzene rings is 2. The van der Waals surface area contributed by atoms with Crippen LogP contribution in [0.5, 0.6) is 11.5 Å². The summed E-state index contributed by atoms with van der Waals surface area (Å²) in [5.41, 5.74) is 0.676. The summed E-state index contributed by atoms with van der Waals surface area (Å²) in [7, 11) is 3.11. The van der Waals surface area contributed by atoms with Crippen LogP contribution in [0.1, 0.15) is 22.8 Å². The maximum Gasteiger partial charge on any atom is 0.229 e. The van der Waals surface area contributed by atoms with Crippen molar-refractivity contribution in [3.05, 3.63) is 53.6 Å². The fourth-order valence-electron chi connectivity index (χ4n) is 4.22. The van der Waals surface area contributed by atoms with E-state index >= 15 is 0 Å². The molecule has 2 aromatic carbocycles. The van der Waals surface area contributed by atoms with E-state index in [9.17, 15) is 14.4 Å². The van der Waals surface area contributed by atoms with E-state index in [4.69, 9.17) is 9.47 Å². The summed E-state index contributed by atoms with van der Waals surface area (Å²) in [6.45, 7) is 1.91. The molecule has 29 heavy (non-hydrogen) atoms. The van der Waals surface area contributed by atoms with E-state index in [1.807, 2.05) is 0 Å². The number of hydrogen-bond donors (Lipinski definition) is 2. The van der Waals surface area contributed by atoms with Gasteiger partial charge in [-0.15, -0.1) is 0 Å². The van der Waals surface area contributed by atoms with Gasteiger partial charge in [-0.25, -0.2) is 0 Å². The molecule has 0 radical (unpaired) electrons. The fraction of sp³-hybridized carbons (Fsp3) is 0.318. The molecule has 1 fully saturated rings. The van der Waals surface area contributed by atoms with Gasteiger partial charge in [-0.2, -0.15) is 0 Å². The monoisotopic (exact) mass is 394 g/mol. The molecule has 2 N–H and O–H groups in total. The molecule has 1 heterocycles. The third-order valence-corrected chi connectivity index (χ3v) is 5.95. The highest BCUT2D eigenvalue weighted by Gasteiger charge is 2.73. The van der Waals surface area contributed by atoms with Gasteiger partial charge in [0.2, 0.25) is 11.8 Å². The fourth-order valence-corrected chi connectivity index (χ4v) is 4.22. The number of carbonyl (C=O) groups is 3. The largest absolute Gasteiger partial charge is 0.497 e. The van der Waals surface area contributed by atoms with Gasteiger partial charge in [0, 0.05) is 23.7 Å². The highest BCUT2D eigenvalue weighted by atomic mass is 16.5. The molecule has 2 aliphatic rings. The summed E-state index contributed by atoms with van der Waals surface area (Å²) in [6, 6.07) is 12.2. The van der Waals surface area contributed by atoms with Crippen LogP contribution in [0.15, 0.2) is 42.5 Å². The minimum Gasteiger partial charge on any atom is -0.497 e. The molecule has 4 rings (SSSR count). The summed E-state index contributed by atoms with van der Waals surface area (Å²) in [5, 5.41) is 5.63. The number of Topliss-reactive ketones (excluding diaryl/α,β-unsaturated/α-hetero) is 1. The number of anilines is 1. The highest BCUT2D eigenvalue weighted by molar-refractivity contribution is 6.19. The second kappa shape index (κ2) is 6.92. The molecule has 2 amide bonds. The molecule has 1 saturated carbocycles. The lowest BCUT2D eigenvalue weighted by Crippen LogP contribution is -2.29. The highest BCUT2D eigenvalue weighted by Crippen LogP contribution is 2.62. The average Bonchev–Trinajstić information content (AvgIpc) is 3.39. The van der Waals surface area contributed by atoms with Crippen LogP contribution in [0.4, 0.5) is 5.69 Å². The number of carbonyl (C=O) groups excluding carboxylic acids is 3. The molecule has 150 valence electrons. The third kappa shape index (κ3) is 2.93. The number of para-hydroxylation sites is 1. The zero-order valence-electron chi connectivity index (χ0n) is 16.4. The number of rotatable bonds is 5. The first-order chi connectivity index (χ1) is 13.9. The number of nitrogens with one attached hydrogen (secondary N) is 2. The van der Waals surface area contributed by atoms with Gasteiger partial charge in [0.25, 0.3) is 0 Å². The minimum absolute atomic E-state index is 0.182. The molecule has 0 aromatic heterocycles. The van der Waals surface area contributed by atoms with Crippen molar-refractivity contribution in [1.82, 2.24) is 5.32 Å². The topological polar surface area (TPSA) is 93.7 Å². The SMILES string of the molecule is COc1ccc(CNC(=O)[C@@H]2[C@@H]3C(=O)Nc4ccccc4C(=O)[C@]23C)c(OC)c1. The normalized spacial score (nSPS) is 24.5. The van der Waals surface area contributed by atoms with Crippen LogP contribution in [0, 0.1) is 17.3 Å². The van der Waals surface area contributed by atoms with Crippen LogP contribution in [0.2, 0.25) is 0 Å². The zero-order chi connectivity index (χ0) is 20.8. The van der Waals surface area contributed by atoms with E-state index in [1.165, 1.54) is 0 Å². The summed E-state index contributed by atoms with van der Waals surface area (Å²) in [6.07, 6.45) is 0. The Kier molecular flexibility index (Phi) is 4.53. The van der Waals surface area contributed by atoms with Crippen LogP contribution in [0.25, 0.3) is 0 Å². The van der Waals surface area contributed by atoms with Crippen molar-refractivity contribution in [2.75, 3.05) is 19.5 Å². The first kappa shape index (κ1) is 19.0. The van der Waals surface area contributed by atoms with Crippen molar-refractivity contribution in [3.63, 3.8) is 0 Å². The zero-order valence-corrected chi connectivity index (χ0v) is 16.4. The summed E-state index contributed by atoms with van der Waals surface area (Å²) < 4.78 is 10.5. The smallest absolute Gasteiger partial charge is 0.229 e. The Balaban J connectivity index is 1.53. The van der Waals surface area contributed by atoms with Gasteiger partial charge in [0.15, 0.2) is 5.78 Å². The quantitative estimate of drug-likeness (QED) is 0.812. The molecular formula is C22H22N2O5. The van der Waals surface area contributed by atoms with Crippen molar-refractivity contribution in [1.29, 1.82) is 0 Å². The van der Waals surface area contributed by atoms with Gasteiger partial charge >= 0.3 is 0 Å². The number of hydrogen-bond acceptors (Lipinski definition) is 5. The number of fused-ring (bicyclic) bond motifs is 2. The first-order valence-electron chi connectivity index (χ1n) is 9.35. The lowest BCUT2D eigenvalue weighted by Gasteiger charge is -2.14. The average molecular weight is 394 g/mol. The van der Waals surface area contributed by atoms with Gasteiger partial charge in [0.1, 0.15) is 11.5 Å². The number of ether oxygens (including phenoxy) is 2. The van der Waals surface area contributed by atoms with E-state index in [1.54, 1.807) is 63.6 Å². The van der Waals surface area contributed by atoms with E-state index in [2.05, 4.69) is 10.6 Å². The molecule has 0 unspecified atom stereocenters. The van der Waals surface area contributed by atoms with E-state index < -0.39 is 17.3 Å². The maximum absolute atomic E-state index is 13.1. The van der Waals surface area contributed by atoms with Crippen LogP contribution >= 0.6 is 0 Å². The van der Waals surface area contributed by atoms with Crippen molar-refractivity contribution >= 4 is 23.3 Å². The van der Waals surface area contributed by atoms with Gasteiger partial charge in [0.05, 0.1) is 37.2 Å². The molecule has 3 atom stereocenters. The van der Waals surface area contributed by atoms with Crippen molar-refractivity contribution < 1.29 is 23.9 Å². The first-order valence-corrected chi connectivity index (χ1v) is 9.35. The minimum atomic E-state index is -1.04. The Bertz CT molecular complexity index is 1020. The standard InChI is InChI=1S/C22H22N2O5/c1-22-17(18(22)21(27)24-15-7-5-4-6-14(15)19(22)25)20(26)23-11-12-8-9-13(28-2)10-16(12)29-3/h4-10,17-18H,11H2,1-3H3,(H,23,26)(H,24,27)/t17-,18+,22+/m0/s1. The predicted octanol–water partition coefficient (Wildman–Crippen LogP) is 2.41. The molecule has 2 aromatic rings. The number of ketones is 1. The molecule has 0 saturated heterocycles. The summed E-state index contributed by atoms with van der Waals surface area (Å²) >= 11 is 0. The van der Waals surface area contributed by atoms with Crippen molar-refractivity contribution in [3.8, 4) is 11.5 Å². The molecule has 0 spiro atoms. The second-order valence-corrected chi connectivity index (χ2v) is 7.50. The van der Waals surface area contributed by atoms with Gasteiger partial charge in [-0.05, 0) is 24.3 Å². The van der Waals surface area contributed by atoms with Gasteiger partial charge in [-0.1, -0.05) is 19.1 Å². The van der Waals surface area contributed by atoms with Crippen LogP contribution in [-0.2, 0) is 16.1 Å².